The molecule has 0 aliphatic rings. The van der Waals surface area contributed by atoms with E-state index in [1.807, 2.05) is 59.6 Å². The molecule has 152 valence electrons. The van der Waals surface area contributed by atoms with Gasteiger partial charge in [0, 0.05) is 36.4 Å². The molecule has 29 heavy (non-hydrogen) atoms. The van der Waals surface area contributed by atoms with Crippen LogP contribution in [0.2, 0.25) is 5.02 Å². The van der Waals surface area contributed by atoms with E-state index in [1.54, 1.807) is 0 Å². The number of hydrogen-bond acceptors (Lipinski definition) is 1. The highest BCUT2D eigenvalue weighted by Gasteiger charge is 2.22. The Balaban J connectivity index is 1.81. The van der Waals surface area contributed by atoms with Crippen molar-refractivity contribution in [2.24, 2.45) is 5.41 Å². The first kappa shape index (κ1) is 21.2. The Morgan fingerprint density at radius 1 is 0.931 bits per heavy atom. The van der Waals surface area contributed by atoms with Crippen LogP contribution < -0.4 is 0 Å². The lowest BCUT2D eigenvalue weighted by Gasteiger charge is -2.27. The second-order valence-electron chi connectivity index (χ2n) is 8.69. The molecule has 0 atom stereocenters. The van der Waals surface area contributed by atoms with E-state index < -0.39 is 0 Å². The van der Waals surface area contributed by atoms with Crippen molar-refractivity contribution in [1.82, 2.24) is 9.47 Å². The molecule has 0 aliphatic heterocycles. The third-order valence-electron chi connectivity index (χ3n) is 4.83. The number of carbonyl (C=O) groups excluding carboxylic acids is 1. The van der Waals surface area contributed by atoms with Gasteiger partial charge in [-0.1, -0.05) is 80.9 Å². The number of benzene rings is 2. The molecule has 3 rings (SSSR count). The smallest absolute Gasteiger partial charge is 0.223 e. The predicted octanol–water partition coefficient (Wildman–Crippen LogP) is 6.15. The van der Waals surface area contributed by atoms with Crippen LogP contribution in [0.3, 0.4) is 0 Å². The molecule has 1 heterocycles. The summed E-state index contributed by atoms with van der Waals surface area (Å²) in [5.74, 6) is 0.173. The van der Waals surface area contributed by atoms with E-state index in [0.29, 0.717) is 26.1 Å². The van der Waals surface area contributed by atoms with Crippen LogP contribution in [0.15, 0.2) is 72.9 Å². The monoisotopic (exact) mass is 408 g/mol. The highest BCUT2D eigenvalue weighted by Crippen LogP contribution is 2.23. The Hall–Kier alpha value is -2.52. The summed E-state index contributed by atoms with van der Waals surface area (Å²) in [6.45, 7) is 8.17. The Kier molecular flexibility index (Phi) is 6.81. The molecule has 0 radical (unpaired) electrons. The van der Waals surface area contributed by atoms with Crippen molar-refractivity contribution in [3.05, 3.63) is 94.8 Å². The fourth-order valence-electron chi connectivity index (χ4n) is 3.35. The molecule has 3 aromatic rings. The number of halogens is 1. The van der Waals surface area contributed by atoms with Crippen LogP contribution in [0.5, 0.6) is 0 Å². The van der Waals surface area contributed by atoms with E-state index >= 15 is 0 Å². The summed E-state index contributed by atoms with van der Waals surface area (Å²) in [6.07, 6.45) is 2.57. The first-order chi connectivity index (χ1) is 13.8. The summed E-state index contributed by atoms with van der Waals surface area (Å²) in [7, 11) is 0. The first-order valence-corrected chi connectivity index (χ1v) is 10.4. The second-order valence-corrected chi connectivity index (χ2v) is 9.10. The van der Waals surface area contributed by atoms with Crippen molar-refractivity contribution in [1.29, 1.82) is 0 Å². The van der Waals surface area contributed by atoms with Crippen LogP contribution in [0.1, 0.15) is 44.0 Å². The normalized spacial score (nSPS) is 11.4. The maximum atomic E-state index is 13.1. The molecule has 0 fully saturated rings. The molecular formula is C25H29ClN2O. The zero-order chi connectivity index (χ0) is 20.9. The van der Waals surface area contributed by atoms with Gasteiger partial charge in [-0.15, -0.1) is 0 Å². The minimum absolute atomic E-state index is 0.0500. The number of nitrogens with zero attached hydrogens (tertiary/aromatic N) is 2. The van der Waals surface area contributed by atoms with E-state index in [9.17, 15) is 4.79 Å². The summed E-state index contributed by atoms with van der Waals surface area (Å²) in [4.78, 5) is 15.1. The van der Waals surface area contributed by atoms with Crippen molar-refractivity contribution in [3.8, 4) is 0 Å². The topological polar surface area (TPSA) is 25.2 Å². The average Bonchev–Trinajstić information content (AvgIpc) is 3.09. The van der Waals surface area contributed by atoms with Crippen LogP contribution in [0.25, 0.3) is 0 Å². The summed E-state index contributed by atoms with van der Waals surface area (Å²) < 4.78 is 2.17. The number of carbonyl (C=O) groups is 1. The minimum atomic E-state index is -0.0500. The van der Waals surface area contributed by atoms with Gasteiger partial charge in [-0.05, 0) is 34.7 Å². The fourth-order valence-corrected chi connectivity index (χ4v) is 3.55. The van der Waals surface area contributed by atoms with Gasteiger partial charge < -0.3 is 9.47 Å². The van der Waals surface area contributed by atoms with Gasteiger partial charge in [0.05, 0.1) is 6.54 Å². The van der Waals surface area contributed by atoms with Gasteiger partial charge in [-0.25, -0.2) is 0 Å². The molecule has 4 heteroatoms. The van der Waals surface area contributed by atoms with Gasteiger partial charge in [0.25, 0.3) is 0 Å². The molecule has 0 aliphatic carbocycles. The lowest BCUT2D eigenvalue weighted by molar-refractivity contribution is -0.134. The van der Waals surface area contributed by atoms with Crippen molar-refractivity contribution in [3.63, 3.8) is 0 Å². The Morgan fingerprint density at radius 2 is 1.62 bits per heavy atom. The van der Waals surface area contributed by atoms with E-state index in [0.717, 1.165) is 21.8 Å². The van der Waals surface area contributed by atoms with Crippen molar-refractivity contribution < 1.29 is 4.79 Å². The van der Waals surface area contributed by atoms with Gasteiger partial charge in [0.1, 0.15) is 0 Å². The molecule has 0 N–H and O–H groups in total. The van der Waals surface area contributed by atoms with Crippen molar-refractivity contribution in [2.45, 2.75) is 46.8 Å². The van der Waals surface area contributed by atoms with Gasteiger partial charge >= 0.3 is 0 Å². The lowest BCUT2D eigenvalue weighted by atomic mass is 9.91. The molecular weight excluding hydrogens is 380 g/mol. The van der Waals surface area contributed by atoms with Gasteiger partial charge in [0.2, 0.25) is 5.91 Å². The lowest BCUT2D eigenvalue weighted by Crippen LogP contribution is -2.33. The van der Waals surface area contributed by atoms with E-state index in [1.165, 1.54) is 0 Å². The van der Waals surface area contributed by atoms with Crippen LogP contribution in [0.4, 0.5) is 0 Å². The molecule has 0 bridgehead atoms. The van der Waals surface area contributed by atoms with E-state index in [-0.39, 0.29) is 11.3 Å². The third kappa shape index (κ3) is 6.23. The Morgan fingerprint density at radius 3 is 2.31 bits per heavy atom. The summed E-state index contributed by atoms with van der Waals surface area (Å²) >= 11 is 6.35. The predicted molar refractivity (Wildman–Crippen MR) is 120 cm³/mol. The molecule has 0 saturated heterocycles. The summed E-state index contributed by atoms with van der Waals surface area (Å²) in [5.41, 5.74) is 3.26. The van der Waals surface area contributed by atoms with Crippen LogP contribution in [0, 0.1) is 5.41 Å². The van der Waals surface area contributed by atoms with Gasteiger partial charge in [0.15, 0.2) is 0 Å². The molecule has 0 unspecified atom stereocenters. The van der Waals surface area contributed by atoms with Crippen molar-refractivity contribution >= 4 is 17.5 Å². The molecule has 1 amide bonds. The molecule has 1 aromatic heterocycles. The summed E-state index contributed by atoms with van der Waals surface area (Å²) in [6, 6.07) is 22.2. The zero-order valence-electron chi connectivity index (χ0n) is 17.4. The largest absolute Gasteiger partial charge is 0.345 e. The van der Waals surface area contributed by atoms with Crippen LogP contribution in [-0.2, 0) is 24.4 Å². The maximum absolute atomic E-state index is 13.1. The minimum Gasteiger partial charge on any atom is -0.345 e. The number of hydrogen-bond donors (Lipinski definition) is 0. The van der Waals surface area contributed by atoms with Crippen LogP contribution in [-0.4, -0.2) is 15.4 Å². The van der Waals surface area contributed by atoms with Crippen LogP contribution >= 0.6 is 11.6 Å². The van der Waals surface area contributed by atoms with E-state index in [2.05, 4.69) is 43.5 Å². The van der Waals surface area contributed by atoms with Crippen molar-refractivity contribution in [2.75, 3.05) is 0 Å². The molecule has 0 saturated carbocycles. The number of aromatic nitrogens is 1. The summed E-state index contributed by atoms with van der Waals surface area (Å²) in [5, 5.41) is 0.761. The highest BCUT2D eigenvalue weighted by atomic mass is 35.5. The maximum Gasteiger partial charge on any atom is 0.223 e. The molecule has 3 nitrogen and oxygen atoms in total. The Bertz CT molecular complexity index is 941. The third-order valence-corrected chi connectivity index (χ3v) is 5.19. The highest BCUT2D eigenvalue weighted by molar-refractivity contribution is 6.31. The standard InChI is InChI=1S/C25H29ClN2O/c1-25(2,3)16-24(29)28(17-20-10-5-4-6-11-20)19-22-13-9-15-27(22)18-21-12-7-8-14-23(21)26/h4-15H,16-19H2,1-3H3. The zero-order valence-corrected chi connectivity index (χ0v) is 18.2. The van der Waals surface area contributed by atoms with Gasteiger partial charge in [-0.3, -0.25) is 4.79 Å². The van der Waals surface area contributed by atoms with Gasteiger partial charge in [-0.2, -0.15) is 0 Å². The average molecular weight is 409 g/mol. The fraction of sp³-hybridized carbons (Fsp3) is 0.320. The quantitative estimate of drug-likeness (QED) is 0.460. The second kappa shape index (κ2) is 9.32. The number of amides is 1. The molecule has 0 spiro atoms. The van der Waals surface area contributed by atoms with E-state index in [4.69, 9.17) is 11.6 Å². The molecule has 2 aromatic carbocycles. The first-order valence-electron chi connectivity index (χ1n) is 10.0. The number of rotatable bonds is 7. The SMILES string of the molecule is CC(C)(C)CC(=O)N(Cc1ccccc1)Cc1cccn1Cc1ccccc1Cl. The Labute approximate surface area is 178 Å².